The van der Waals surface area contributed by atoms with Gasteiger partial charge in [0.2, 0.25) is 0 Å². The third-order valence-corrected chi connectivity index (χ3v) is 5.48. The van der Waals surface area contributed by atoms with Gasteiger partial charge in [-0.3, -0.25) is 9.69 Å². The number of hydrogen-bond acceptors (Lipinski definition) is 3. The highest BCUT2D eigenvalue weighted by Crippen LogP contribution is 2.46. The first kappa shape index (κ1) is 19.2. The summed E-state index contributed by atoms with van der Waals surface area (Å²) >= 11 is 5.88. The molecule has 1 aromatic carbocycles. The first-order valence-electron chi connectivity index (χ1n) is 8.31. The fourth-order valence-electron chi connectivity index (χ4n) is 4.23. The Balaban J connectivity index is 0.000000647. The third-order valence-electron chi connectivity index (χ3n) is 5.19. The van der Waals surface area contributed by atoms with Crippen molar-refractivity contribution in [1.29, 1.82) is 0 Å². The zero-order chi connectivity index (χ0) is 17.6. The van der Waals surface area contributed by atoms with Gasteiger partial charge in [0.05, 0.1) is 11.1 Å². The number of likely N-dealkylation sites (tertiary alicyclic amines) is 1. The van der Waals surface area contributed by atoms with Gasteiger partial charge in [-0.05, 0) is 49.9 Å². The van der Waals surface area contributed by atoms with E-state index >= 15 is 0 Å². The van der Waals surface area contributed by atoms with Gasteiger partial charge in [-0.25, -0.2) is 4.39 Å². The molecule has 1 aromatic rings. The molecule has 4 nitrogen and oxygen atoms in total. The molecule has 0 unspecified atom stereocenters. The Kier molecular flexibility index (Phi) is 7.02. The lowest BCUT2D eigenvalue weighted by molar-refractivity contribution is -0.122. The number of nitrogens with zero attached hydrogens (tertiary/aromatic N) is 1. The minimum Gasteiger partial charge on any atom is -0.483 e. The van der Waals surface area contributed by atoms with Gasteiger partial charge in [-0.1, -0.05) is 24.1 Å². The number of ether oxygens (including phenoxy) is 1. The molecule has 0 bridgehead atoms. The number of carbonyl (C=O) groups is 1. The van der Waals surface area contributed by atoms with E-state index < -0.39 is 0 Å². The van der Waals surface area contributed by atoms with Gasteiger partial charge < -0.3 is 9.84 Å². The molecule has 134 valence electrons. The Bertz CT molecular complexity index is 557. The maximum Gasteiger partial charge on any atom is 0.290 e. The minimum absolute atomic E-state index is 0.217. The van der Waals surface area contributed by atoms with Crippen LogP contribution in [-0.2, 0) is 16.1 Å². The molecule has 1 saturated carbocycles. The normalized spacial score (nSPS) is 26.9. The van der Waals surface area contributed by atoms with E-state index in [1.54, 1.807) is 6.07 Å². The first-order chi connectivity index (χ1) is 11.5. The summed E-state index contributed by atoms with van der Waals surface area (Å²) in [4.78, 5) is 10.8. The molecule has 0 amide bonds. The van der Waals surface area contributed by atoms with Crippen LogP contribution in [0, 0.1) is 11.2 Å². The van der Waals surface area contributed by atoms with E-state index in [4.69, 9.17) is 26.2 Å². The fourth-order valence-corrected chi connectivity index (χ4v) is 4.43. The molecule has 6 heteroatoms. The van der Waals surface area contributed by atoms with Gasteiger partial charge in [0, 0.05) is 25.6 Å². The highest BCUT2D eigenvalue weighted by Gasteiger charge is 2.45. The Labute approximate surface area is 147 Å². The molecule has 1 heterocycles. The monoisotopic (exact) mass is 357 g/mol. The summed E-state index contributed by atoms with van der Waals surface area (Å²) in [6, 6.07) is 5.05. The molecule has 1 N–H and O–H groups in total. The summed E-state index contributed by atoms with van der Waals surface area (Å²) in [5.41, 5.74) is 1.42. The standard InChI is InChI=1S/C17H23ClFNO.CH2O2/c1-21-16-4-2-7-17(16)8-3-9-20(12-17)11-13-5-6-15(19)14(18)10-13;2-1-3/h5-6,10,16H,2-4,7-9,11-12H2,1H3;1H,(H,2,3)/t16-,17-;/m1./s1. The van der Waals surface area contributed by atoms with Gasteiger partial charge in [0.25, 0.3) is 6.47 Å². The molecular formula is C18H25ClFNO3. The molecule has 0 aromatic heterocycles. The topological polar surface area (TPSA) is 49.8 Å². The Morgan fingerprint density at radius 2 is 2.17 bits per heavy atom. The van der Waals surface area contributed by atoms with E-state index in [-0.39, 0.29) is 17.3 Å². The van der Waals surface area contributed by atoms with Crippen LogP contribution < -0.4 is 0 Å². The number of benzene rings is 1. The van der Waals surface area contributed by atoms with Crippen LogP contribution in [0.4, 0.5) is 4.39 Å². The van der Waals surface area contributed by atoms with E-state index in [1.165, 1.54) is 38.2 Å². The van der Waals surface area contributed by atoms with Crippen LogP contribution in [0.5, 0.6) is 0 Å². The lowest BCUT2D eigenvalue weighted by Gasteiger charge is -2.43. The Hall–Kier alpha value is -1.17. The maximum atomic E-state index is 13.3. The minimum atomic E-state index is -0.342. The average Bonchev–Trinajstić information content (AvgIpc) is 2.93. The van der Waals surface area contributed by atoms with Crippen molar-refractivity contribution in [3.8, 4) is 0 Å². The summed E-state index contributed by atoms with van der Waals surface area (Å²) in [5, 5.41) is 7.11. The van der Waals surface area contributed by atoms with Gasteiger partial charge in [-0.2, -0.15) is 0 Å². The molecule has 2 aliphatic rings. The quantitative estimate of drug-likeness (QED) is 0.832. The molecule has 24 heavy (non-hydrogen) atoms. The summed E-state index contributed by atoms with van der Waals surface area (Å²) < 4.78 is 19.0. The SMILES string of the molecule is CO[C@@H]1CCC[C@]12CCCN(Cc1ccc(F)c(Cl)c1)C2.O=CO. The summed E-state index contributed by atoms with van der Waals surface area (Å²) in [5.74, 6) is -0.342. The van der Waals surface area contributed by atoms with E-state index in [1.807, 2.05) is 13.2 Å². The zero-order valence-corrected chi connectivity index (χ0v) is 14.8. The van der Waals surface area contributed by atoms with Gasteiger partial charge >= 0.3 is 0 Å². The van der Waals surface area contributed by atoms with Crippen molar-refractivity contribution in [1.82, 2.24) is 4.90 Å². The maximum absolute atomic E-state index is 13.3. The summed E-state index contributed by atoms with van der Waals surface area (Å²) in [6.45, 7) is 2.78. The van der Waals surface area contributed by atoms with Crippen LogP contribution in [0.1, 0.15) is 37.7 Å². The molecule has 3 rings (SSSR count). The van der Waals surface area contributed by atoms with Crippen LogP contribution in [0.2, 0.25) is 5.02 Å². The molecule has 1 aliphatic heterocycles. The van der Waals surface area contributed by atoms with Crippen molar-refractivity contribution < 1.29 is 19.0 Å². The van der Waals surface area contributed by atoms with Crippen LogP contribution >= 0.6 is 11.6 Å². The Morgan fingerprint density at radius 3 is 2.83 bits per heavy atom. The molecule has 1 saturated heterocycles. The van der Waals surface area contributed by atoms with Gasteiger partial charge in [-0.15, -0.1) is 0 Å². The largest absolute Gasteiger partial charge is 0.483 e. The average molecular weight is 358 g/mol. The molecule has 1 spiro atoms. The van der Waals surface area contributed by atoms with Crippen LogP contribution in [0.15, 0.2) is 18.2 Å². The number of rotatable bonds is 3. The number of carboxylic acid groups (broad SMARTS) is 1. The molecule has 0 radical (unpaired) electrons. The lowest BCUT2D eigenvalue weighted by atomic mass is 9.76. The van der Waals surface area contributed by atoms with Gasteiger partial charge in [0.15, 0.2) is 0 Å². The van der Waals surface area contributed by atoms with Crippen molar-refractivity contribution in [2.45, 2.75) is 44.8 Å². The fraction of sp³-hybridized carbons (Fsp3) is 0.611. The summed E-state index contributed by atoms with van der Waals surface area (Å²) in [7, 11) is 1.84. The van der Waals surface area contributed by atoms with Crippen LogP contribution in [0.25, 0.3) is 0 Å². The molecule has 2 fully saturated rings. The highest BCUT2D eigenvalue weighted by molar-refractivity contribution is 6.30. The third kappa shape index (κ3) is 4.47. The van der Waals surface area contributed by atoms with Crippen molar-refractivity contribution >= 4 is 18.1 Å². The molecular weight excluding hydrogens is 333 g/mol. The predicted molar refractivity (Wildman–Crippen MR) is 91.7 cm³/mol. The van der Waals surface area contributed by atoms with E-state index in [2.05, 4.69) is 4.90 Å². The predicted octanol–water partition coefficient (Wildman–Crippen LogP) is 3.96. The lowest BCUT2D eigenvalue weighted by Crippen LogP contribution is -2.47. The van der Waals surface area contributed by atoms with E-state index in [0.717, 1.165) is 25.2 Å². The van der Waals surface area contributed by atoms with Crippen molar-refractivity contribution in [3.05, 3.63) is 34.6 Å². The van der Waals surface area contributed by atoms with Crippen molar-refractivity contribution in [3.63, 3.8) is 0 Å². The van der Waals surface area contributed by atoms with Gasteiger partial charge in [0.1, 0.15) is 5.82 Å². The van der Waals surface area contributed by atoms with E-state index in [0.29, 0.717) is 11.5 Å². The number of halogens is 2. The smallest absolute Gasteiger partial charge is 0.290 e. The van der Waals surface area contributed by atoms with Crippen molar-refractivity contribution in [2.24, 2.45) is 5.41 Å². The second-order valence-electron chi connectivity index (χ2n) is 6.65. The summed E-state index contributed by atoms with van der Waals surface area (Å²) in [6.07, 6.45) is 6.62. The second-order valence-corrected chi connectivity index (χ2v) is 7.05. The first-order valence-corrected chi connectivity index (χ1v) is 8.69. The zero-order valence-electron chi connectivity index (χ0n) is 14.0. The number of methoxy groups -OCH3 is 1. The number of piperidine rings is 1. The second kappa shape index (κ2) is 8.79. The molecule has 1 aliphatic carbocycles. The highest BCUT2D eigenvalue weighted by atomic mass is 35.5. The van der Waals surface area contributed by atoms with E-state index in [9.17, 15) is 4.39 Å². The molecule has 2 atom stereocenters. The van der Waals surface area contributed by atoms with Crippen molar-refractivity contribution in [2.75, 3.05) is 20.2 Å². The van der Waals surface area contributed by atoms with Crippen LogP contribution in [0.3, 0.4) is 0 Å². The number of hydrogen-bond donors (Lipinski definition) is 1. The van der Waals surface area contributed by atoms with Crippen LogP contribution in [-0.4, -0.2) is 42.8 Å². The Morgan fingerprint density at radius 1 is 1.46 bits per heavy atom.